The van der Waals surface area contributed by atoms with Gasteiger partial charge in [0.1, 0.15) is 17.1 Å². The van der Waals surface area contributed by atoms with Gasteiger partial charge in [-0.05, 0) is 30.3 Å². The Bertz CT molecular complexity index is 624. The van der Waals surface area contributed by atoms with Gasteiger partial charge in [-0.2, -0.15) is 0 Å². The summed E-state index contributed by atoms with van der Waals surface area (Å²) in [7, 11) is 0. The monoisotopic (exact) mass is 278 g/mol. The van der Waals surface area contributed by atoms with Crippen LogP contribution in [0.15, 0.2) is 36.4 Å². The van der Waals surface area contributed by atoms with Crippen LogP contribution in [-0.4, -0.2) is 16.1 Å². The first-order chi connectivity index (χ1) is 8.99. The lowest BCUT2D eigenvalue weighted by Crippen LogP contribution is -2.12. The SMILES string of the molecule is Nc1ccc(NC(=O)c2c(O)cccc2O)c(Cl)c1. The highest BCUT2D eigenvalue weighted by molar-refractivity contribution is 6.34. The van der Waals surface area contributed by atoms with Crippen LogP contribution in [0.4, 0.5) is 11.4 Å². The van der Waals surface area contributed by atoms with Crippen molar-refractivity contribution in [2.45, 2.75) is 0 Å². The van der Waals surface area contributed by atoms with Crippen molar-refractivity contribution in [1.29, 1.82) is 0 Å². The van der Waals surface area contributed by atoms with Crippen LogP contribution in [0.5, 0.6) is 11.5 Å². The highest BCUT2D eigenvalue weighted by atomic mass is 35.5. The largest absolute Gasteiger partial charge is 0.507 e. The second-order valence-corrected chi connectivity index (χ2v) is 4.27. The topological polar surface area (TPSA) is 95.6 Å². The van der Waals surface area contributed by atoms with Gasteiger partial charge >= 0.3 is 0 Å². The number of carbonyl (C=O) groups is 1. The molecule has 0 spiro atoms. The minimum atomic E-state index is -0.665. The van der Waals surface area contributed by atoms with E-state index in [2.05, 4.69) is 5.32 Å². The van der Waals surface area contributed by atoms with E-state index < -0.39 is 5.91 Å². The third-order valence-corrected chi connectivity index (χ3v) is 2.80. The van der Waals surface area contributed by atoms with Gasteiger partial charge in [0.25, 0.3) is 5.91 Å². The Morgan fingerprint density at radius 1 is 1.16 bits per heavy atom. The molecule has 0 aliphatic rings. The van der Waals surface area contributed by atoms with Crippen molar-refractivity contribution in [3.05, 3.63) is 47.0 Å². The molecule has 5 N–H and O–H groups in total. The summed E-state index contributed by atoms with van der Waals surface area (Å²) < 4.78 is 0. The van der Waals surface area contributed by atoms with Crippen LogP contribution in [0.2, 0.25) is 5.02 Å². The zero-order valence-corrected chi connectivity index (χ0v) is 10.5. The molecule has 0 saturated carbocycles. The molecule has 0 aliphatic carbocycles. The second-order valence-electron chi connectivity index (χ2n) is 3.86. The molecule has 0 fully saturated rings. The quantitative estimate of drug-likeness (QED) is 0.635. The van der Waals surface area contributed by atoms with Crippen LogP contribution in [-0.2, 0) is 0 Å². The molecule has 98 valence electrons. The number of benzene rings is 2. The van der Waals surface area contributed by atoms with Crippen LogP contribution >= 0.6 is 11.6 Å². The molecule has 0 saturated heterocycles. The number of rotatable bonds is 2. The van der Waals surface area contributed by atoms with Gasteiger partial charge in [0.05, 0.1) is 10.7 Å². The number of anilines is 2. The number of amides is 1. The average Bonchev–Trinajstić information content (AvgIpc) is 2.32. The summed E-state index contributed by atoms with van der Waals surface area (Å²) in [6, 6.07) is 8.64. The lowest BCUT2D eigenvalue weighted by molar-refractivity contribution is 0.102. The van der Waals surface area contributed by atoms with Gasteiger partial charge in [-0.1, -0.05) is 17.7 Å². The number of hydrogen-bond acceptors (Lipinski definition) is 4. The lowest BCUT2D eigenvalue weighted by atomic mass is 10.1. The van der Waals surface area contributed by atoms with Crippen LogP contribution in [0, 0.1) is 0 Å². The fraction of sp³-hybridized carbons (Fsp3) is 0. The number of phenols is 2. The highest BCUT2D eigenvalue weighted by Gasteiger charge is 2.17. The number of phenolic OH excluding ortho intramolecular Hbond substituents is 2. The summed E-state index contributed by atoms with van der Waals surface area (Å²) >= 11 is 5.92. The maximum absolute atomic E-state index is 12.0. The molecule has 0 unspecified atom stereocenters. The molecule has 5 nitrogen and oxygen atoms in total. The van der Waals surface area contributed by atoms with E-state index in [1.54, 1.807) is 6.07 Å². The first-order valence-electron chi connectivity index (χ1n) is 5.36. The van der Waals surface area contributed by atoms with Gasteiger partial charge in [0.15, 0.2) is 0 Å². The predicted molar refractivity (Wildman–Crippen MR) is 73.6 cm³/mol. The van der Waals surface area contributed by atoms with Crippen molar-refractivity contribution in [2.24, 2.45) is 0 Å². The van der Waals surface area contributed by atoms with Gasteiger partial charge in [0.2, 0.25) is 0 Å². The van der Waals surface area contributed by atoms with Gasteiger partial charge in [0, 0.05) is 5.69 Å². The number of hydrogen-bond donors (Lipinski definition) is 4. The first kappa shape index (κ1) is 13.0. The Balaban J connectivity index is 2.31. The third kappa shape index (κ3) is 2.71. The Hall–Kier alpha value is -2.40. The first-order valence-corrected chi connectivity index (χ1v) is 5.74. The maximum Gasteiger partial charge on any atom is 0.263 e. The maximum atomic E-state index is 12.0. The number of aromatic hydroxyl groups is 2. The average molecular weight is 279 g/mol. The second kappa shape index (κ2) is 5.07. The summed E-state index contributed by atoms with van der Waals surface area (Å²) in [5.41, 5.74) is 6.13. The molecule has 19 heavy (non-hydrogen) atoms. The van der Waals surface area contributed by atoms with Crippen LogP contribution in [0.3, 0.4) is 0 Å². The van der Waals surface area contributed by atoms with Crippen molar-refractivity contribution in [2.75, 3.05) is 11.1 Å². The fourth-order valence-electron chi connectivity index (χ4n) is 1.58. The molecule has 1 amide bonds. The Kier molecular flexibility index (Phi) is 3.48. The minimum Gasteiger partial charge on any atom is -0.507 e. The zero-order valence-electron chi connectivity index (χ0n) is 9.72. The highest BCUT2D eigenvalue weighted by Crippen LogP contribution is 2.29. The smallest absolute Gasteiger partial charge is 0.263 e. The van der Waals surface area contributed by atoms with E-state index in [0.717, 1.165) is 0 Å². The van der Waals surface area contributed by atoms with Crippen molar-refractivity contribution in [3.8, 4) is 11.5 Å². The van der Waals surface area contributed by atoms with Crippen LogP contribution in [0.1, 0.15) is 10.4 Å². The number of halogens is 1. The third-order valence-electron chi connectivity index (χ3n) is 2.49. The predicted octanol–water partition coefficient (Wildman–Crippen LogP) is 2.59. The molecule has 0 aliphatic heterocycles. The van der Waals surface area contributed by atoms with E-state index in [9.17, 15) is 15.0 Å². The van der Waals surface area contributed by atoms with Gasteiger partial charge < -0.3 is 21.3 Å². The molecule has 2 aromatic rings. The van der Waals surface area contributed by atoms with E-state index in [-0.39, 0.29) is 22.1 Å². The summed E-state index contributed by atoms with van der Waals surface area (Å²) in [5.74, 6) is -1.30. The number of nitrogens with two attached hydrogens (primary N) is 1. The van der Waals surface area contributed by atoms with E-state index >= 15 is 0 Å². The van der Waals surface area contributed by atoms with E-state index in [0.29, 0.717) is 11.4 Å². The Morgan fingerprint density at radius 3 is 2.37 bits per heavy atom. The van der Waals surface area contributed by atoms with Crippen molar-refractivity contribution in [1.82, 2.24) is 0 Å². The standard InChI is InChI=1S/C13H11ClN2O3/c14-8-6-7(15)4-5-9(8)16-13(19)12-10(17)2-1-3-11(12)18/h1-6,17-18H,15H2,(H,16,19). The molecule has 2 rings (SSSR count). The summed E-state index contributed by atoms with van der Waals surface area (Å²) in [6.45, 7) is 0. The minimum absolute atomic E-state index is 0.213. The molecule has 0 bridgehead atoms. The van der Waals surface area contributed by atoms with Crippen molar-refractivity contribution < 1.29 is 15.0 Å². The lowest BCUT2D eigenvalue weighted by Gasteiger charge is -2.10. The van der Waals surface area contributed by atoms with E-state index in [1.165, 1.54) is 30.3 Å². The van der Waals surface area contributed by atoms with E-state index in [4.69, 9.17) is 17.3 Å². The molecule has 0 heterocycles. The van der Waals surface area contributed by atoms with Gasteiger partial charge in [-0.3, -0.25) is 4.79 Å². The molecule has 2 aromatic carbocycles. The molecular weight excluding hydrogens is 268 g/mol. The van der Waals surface area contributed by atoms with Gasteiger partial charge in [-0.25, -0.2) is 0 Å². The van der Waals surface area contributed by atoms with Crippen molar-refractivity contribution >= 4 is 28.9 Å². The number of nitrogens with one attached hydrogen (secondary N) is 1. The van der Waals surface area contributed by atoms with Crippen LogP contribution < -0.4 is 11.1 Å². The van der Waals surface area contributed by atoms with Crippen molar-refractivity contribution in [3.63, 3.8) is 0 Å². The summed E-state index contributed by atoms with van der Waals surface area (Å²) in [6.07, 6.45) is 0. The van der Waals surface area contributed by atoms with Crippen LogP contribution in [0.25, 0.3) is 0 Å². The zero-order chi connectivity index (χ0) is 14.0. The summed E-state index contributed by atoms with van der Waals surface area (Å²) in [5, 5.41) is 21.9. The molecule has 0 aromatic heterocycles. The van der Waals surface area contributed by atoms with Gasteiger partial charge in [-0.15, -0.1) is 0 Å². The fourth-order valence-corrected chi connectivity index (χ4v) is 1.81. The molecule has 0 radical (unpaired) electrons. The summed E-state index contributed by atoms with van der Waals surface area (Å²) in [4.78, 5) is 12.0. The Morgan fingerprint density at radius 2 is 1.79 bits per heavy atom. The Labute approximate surface area is 114 Å². The number of nitrogen functional groups attached to an aromatic ring is 1. The number of carbonyl (C=O) groups excluding carboxylic acids is 1. The van der Waals surface area contributed by atoms with E-state index in [1.807, 2.05) is 0 Å². The normalized spacial score (nSPS) is 10.2. The molecule has 0 atom stereocenters. The molecule has 6 heteroatoms. The molecular formula is C13H11ClN2O3.